The molecule has 0 spiro atoms. The van der Waals surface area contributed by atoms with Gasteiger partial charge in [-0.3, -0.25) is 0 Å². The Hall–Kier alpha value is -0.237. The summed E-state index contributed by atoms with van der Waals surface area (Å²) in [4.78, 5) is 0. The maximum absolute atomic E-state index is 5.24. The Morgan fingerprint density at radius 2 is 1.08 bits per heavy atom. The van der Waals surface area contributed by atoms with E-state index in [9.17, 15) is 0 Å². The van der Waals surface area contributed by atoms with Crippen LogP contribution in [0, 0.1) is 43.9 Å². The van der Waals surface area contributed by atoms with E-state index in [-0.39, 0.29) is 31.6 Å². The fourth-order valence-electron chi connectivity index (χ4n) is 3.06. The van der Waals surface area contributed by atoms with Crippen LogP contribution in [0.3, 0.4) is 0 Å². The fraction of sp³-hybridized carbons (Fsp3) is 0.429. The van der Waals surface area contributed by atoms with Gasteiger partial charge in [0, 0.05) is 32.5 Å². The van der Waals surface area contributed by atoms with Crippen LogP contribution in [0.25, 0.3) is 0 Å². The van der Waals surface area contributed by atoms with Crippen LogP contribution in [0.2, 0.25) is 0 Å². The van der Waals surface area contributed by atoms with Gasteiger partial charge >= 0.3 is 26.2 Å². The third-order valence-electron chi connectivity index (χ3n) is 4.07. The molecule has 3 aliphatic carbocycles. The minimum atomic E-state index is 0. The molecule has 1 saturated carbocycles. The first-order valence-electron chi connectivity index (χ1n) is 8.11. The number of rotatable bonds is 4. The van der Waals surface area contributed by atoms with Crippen LogP contribution >= 0.6 is 0 Å². The van der Waals surface area contributed by atoms with Crippen molar-refractivity contribution in [3.63, 3.8) is 0 Å². The standard InChI is InChI=1S/C11H20O2.2C5H5.Zr/c1-9-5-11(7-12-3,8-13-4)6-10(9)2;2*1-2-4-5-3-1;/h9-10H,1-2,5-8H2,3-4H3;2*1-5H;/q-2;;;+2/t9-,10-;;;/m1.../s1. The molecule has 3 heteroatoms. The third-order valence-corrected chi connectivity index (χ3v) is 4.07. The van der Waals surface area contributed by atoms with Crippen molar-refractivity contribution < 1.29 is 35.7 Å². The van der Waals surface area contributed by atoms with Crippen LogP contribution in [0.4, 0.5) is 0 Å². The molecular weight excluding hydrogens is 375 g/mol. The molecule has 2 atom stereocenters. The Balaban J connectivity index is 0.000000393. The first-order valence-corrected chi connectivity index (χ1v) is 8.11. The second-order valence-corrected chi connectivity index (χ2v) is 6.22. The largest absolute Gasteiger partial charge is 2.00 e. The summed E-state index contributed by atoms with van der Waals surface area (Å²) in [5.74, 6) is 0.899. The van der Waals surface area contributed by atoms with Crippen molar-refractivity contribution >= 4 is 0 Å². The van der Waals surface area contributed by atoms with E-state index in [1.807, 2.05) is 61.4 Å². The molecule has 2 radical (unpaired) electrons. The van der Waals surface area contributed by atoms with Crippen molar-refractivity contribution in [3.05, 3.63) is 75.3 Å². The van der Waals surface area contributed by atoms with Gasteiger partial charge in [0.05, 0.1) is 13.2 Å². The molecular formula is C21H30O2Zr. The monoisotopic (exact) mass is 404 g/mol. The first-order chi connectivity index (χ1) is 11.1. The zero-order valence-electron chi connectivity index (χ0n) is 15.0. The molecule has 0 aliphatic heterocycles. The zero-order valence-corrected chi connectivity index (χ0v) is 17.4. The van der Waals surface area contributed by atoms with Gasteiger partial charge in [0.15, 0.2) is 0 Å². The molecule has 0 saturated heterocycles. The molecule has 0 aromatic heterocycles. The summed E-state index contributed by atoms with van der Waals surface area (Å²) >= 11 is 0. The number of hydrogen-bond acceptors (Lipinski definition) is 2. The number of allylic oxidation sites excluding steroid dienone is 8. The predicted molar refractivity (Wildman–Crippen MR) is 98.3 cm³/mol. The van der Waals surface area contributed by atoms with Crippen LogP contribution in [-0.4, -0.2) is 27.4 Å². The van der Waals surface area contributed by atoms with Crippen molar-refractivity contribution in [1.82, 2.24) is 0 Å². The first kappa shape index (κ1) is 23.8. The molecule has 130 valence electrons. The van der Waals surface area contributed by atoms with Gasteiger partial charge in [0.25, 0.3) is 0 Å². The molecule has 0 heterocycles. The SMILES string of the molecule is [CH2-][C@@H]1CC(COC)(COC)C[C@H]1[CH2-].[CH]1C=CC=C1.[CH]1C=CC=C1.[Zr+2]. The van der Waals surface area contributed by atoms with Gasteiger partial charge in [-0.1, -0.05) is 61.4 Å². The third kappa shape index (κ3) is 9.30. The topological polar surface area (TPSA) is 18.5 Å². The molecule has 0 bridgehead atoms. The molecule has 3 aliphatic rings. The normalized spacial score (nSPS) is 24.8. The fourth-order valence-corrected chi connectivity index (χ4v) is 3.06. The summed E-state index contributed by atoms with van der Waals surface area (Å²) in [6.07, 6.45) is 22.1. The Morgan fingerprint density at radius 3 is 1.29 bits per heavy atom. The maximum atomic E-state index is 5.24. The molecule has 0 N–H and O–H groups in total. The molecule has 0 unspecified atom stereocenters. The van der Waals surface area contributed by atoms with Crippen LogP contribution in [0.15, 0.2) is 48.6 Å². The Kier molecular flexibility index (Phi) is 13.8. The number of hydrogen-bond donors (Lipinski definition) is 0. The Morgan fingerprint density at radius 1 is 0.750 bits per heavy atom. The Bertz CT molecular complexity index is 364. The van der Waals surface area contributed by atoms with Crippen molar-refractivity contribution in [2.24, 2.45) is 17.3 Å². The molecule has 3 rings (SSSR count). The number of ether oxygens (including phenoxy) is 2. The van der Waals surface area contributed by atoms with Gasteiger partial charge in [0.1, 0.15) is 0 Å². The average molecular weight is 406 g/mol. The summed E-state index contributed by atoms with van der Waals surface area (Å²) in [5, 5.41) is 0. The molecule has 2 nitrogen and oxygen atoms in total. The number of methoxy groups -OCH3 is 2. The van der Waals surface area contributed by atoms with Crippen molar-refractivity contribution in [3.8, 4) is 0 Å². The molecule has 0 aromatic carbocycles. The van der Waals surface area contributed by atoms with Crippen molar-refractivity contribution in [2.75, 3.05) is 27.4 Å². The quantitative estimate of drug-likeness (QED) is 0.637. The summed E-state index contributed by atoms with van der Waals surface area (Å²) < 4.78 is 10.5. The van der Waals surface area contributed by atoms with E-state index in [0.717, 1.165) is 26.1 Å². The molecule has 0 amide bonds. The van der Waals surface area contributed by atoms with E-state index in [0.29, 0.717) is 11.8 Å². The van der Waals surface area contributed by atoms with E-state index >= 15 is 0 Å². The van der Waals surface area contributed by atoms with Gasteiger partial charge < -0.3 is 23.3 Å². The summed E-state index contributed by atoms with van der Waals surface area (Å²) in [7, 11) is 3.48. The van der Waals surface area contributed by atoms with Crippen LogP contribution < -0.4 is 0 Å². The van der Waals surface area contributed by atoms with E-state index in [1.54, 1.807) is 14.2 Å². The van der Waals surface area contributed by atoms with E-state index in [4.69, 9.17) is 9.47 Å². The maximum Gasteiger partial charge on any atom is 2.00 e. The van der Waals surface area contributed by atoms with Gasteiger partial charge in [-0.25, -0.2) is 0 Å². The van der Waals surface area contributed by atoms with Crippen molar-refractivity contribution in [1.29, 1.82) is 0 Å². The predicted octanol–water partition coefficient (Wildman–Crippen LogP) is 4.59. The van der Waals surface area contributed by atoms with Gasteiger partial charge in [-0.2, -0.15) is 11.8 Å². The van der Waals surface area contributed by atoms with E-state index in [2.05, 4.69) is 13.8 Å². The second-order valence-electron chi connectivity index (χ2n) is 6.22. The minimum absolute atomic E-state index is 0. The average Bonchev–Trinajstić information content (AvgIpc) is 3.27. The summed E-state index contributed by atoms with van der Waals surface area (Å²) in [6.45, 7) is 9.73. The summed E-state index contributed by atoms with van der Waals surface area (Å²) in [6, 6.07) is 0. The second kappa shape index (κ2) is 14.0. The molecule has 1 fully saturated rings. The van der Waals surface area contributed by atoms with Crippen molar-refractivity contribution in [2.45, 2.75) is 12.8 Å². The van der Waals surface area contributed by atoms with Gasteiger partial charge in [-0.15, -0.1) is 0 Å². The van der Waals surface area contributed by atoms with E-state index < -0.39 is 0 Å². The van der Waals surface area contributed by atoms with Crippen LogP contribution in [-0.2, 0) is 35.7 Å². The van der Waals surface area contributed by atoms with Crippen LogP contribution in [0.1, 0.15) is 12.8 Å². The zero-order chi connectivity index (χ0) is 17.0. The molecule has 0 aromatic rings. The van der Waals surface area contributed by atoms with E-state index in [1.165, 1.54) is 0 Å². The van der Waals surface area contributed by atoms with Gasteiger partial charge in [0.2, 0.25) is 0 Å². The van der Waals surface area contributed by atoms with Crippen LogP contribution in [0.5, 0.6) is 0 Å². The minimum Gasteiger partial charge on any atom is -0.384 e. The summed E-state index contributed by atoms with van der Waals surface area (Å²) in [5.41, 5.74) is 0.169. The smallest absolute Gasteiger partial charge is 0.384 e. The molecule has 24 heavy (non-hydrogen) atoms. The Labute approximate surface area is 168 Å². The van der Waals surface area contributed by atoms with Gasteiger partial charge in [-0.05, 0) is 0 Å².